The second-order valence-electron chi connectivity index (χ2n) is 5.65. The quantitative estimate of drug-likeness (QED) is 0.892. The maximum absolute atomic E-state index is 5.75. The fourth-order valence-electron chi connectivity index (χ4n) is 3.32. The molecule has 4 nitrogen and oxygen atoms in total. The Labute approximate surface area is 122 Å². The van der Waals surface area contributed by atoms with Crippen molar-refractivity contribution < 1.29 is 4.74 Å². The molecule has 1 saturated carbocycles. The van der Waals surface area contributed by atoms with E-state index in [1.165, 1.54) is 37.7 Å². The van der Waals surface area contributed by atoms with Gasteiger partial charge in [0.25, 0.3) is 0 Å². The second-order valence-corrected chi connectivity index (χ2v) is 5.65. The van der Waals surface area contributed by atoms with Gasteiger partial charge in [-0.15, -0.1) is 0 Å². The number of hydrogen-bond acceptors (Lipinski definition) is 4. The Balaban J connectivity index is 2.31. The van der Waals surface area contributed by atoms with Gasteiger partial charge in [-0.2, -0.15) is 0 Å². The van der Waals surface area contributed by atoms with Crippen molar-refractivity contribution in [2.75, 3.05) is 19.5 Å². The van der Waals surface area contributed by atoms with Crippen LogP contribution in [0, 0.1) is 12.8 Å². The lowest BCUT2D eigenvalue weighted by Gasteiger charge is -2.28. The second kappa shape index (κ2) is 7.02. The lowest BCUT2D eigenvalue weighted by atomic mass is 9.85. The van der Waals surface area contributed by atoms with Gasteiger partial charge in [0, 0.05) is 25.4 Å². The number of methoxy groups -OCH3 is 1. The summed E-state index contributed by atoms with van der Waals surface area (Å²) in [6, 6.07) is 0. The Morgan fingerprint density at radius 1 is 1.25 bits per heavy atom. The summed E-state index contributed by atoms with van der Waals surface area (Å²) in [5.41, 5.74) is 2.27. The molecule has 0 saturated heterocycles. The van der Waals surface area contributed by atoms with Crippen LogP contribution in [0.5, 0.6) is 0 Å². The van der Waals surface area contributed by atoms with Crippen molar-refractivity contribution in [2.24, 2.45) is 5.92 Å². The number of rotatable bonds is 5. The molecule has 1 heterocycles. The van der Waals surface area contributed by atoms with Gasteiger partial charge in [0.2, 0.25) is 0 Å². The third-order valence-electron chi connectivity index (χ3n) is 4.41. The third kappa shape index (κ3) is 3.11. The van der Waals surface area contributed by atoms with Gasteiger partial charge in [-0.1, -0.05) is 26.2 Å². The number of aromatic nitrogens is 2. The Morgan fingerprint density at radius 2 is 1.95 bits per heavy atom. The molecular weight excluding hydrogens is 250 g/mol. The van der Waals surface area contributed by atoms with E-state index in [1.807, 2.05) is 7.05 Å². The number of hydrogen-bond donors (Lipinski definition) is 1. The van der Waals surface area contributed by atoms with Crippen LogP contribution >= 0.6 is 0 Å². The molecule has 1 aliphatic rings. The molecule has 4 heteroatoms. The van der Waals surface area contributed by atoms with E-state index in [0.717, 1.165) is 23.8 Å². The number of ether oxygens (including phenoxy) is 1. The molecule has 1 aromatic rings. The molecular formula is C16H27N3O. The van der Waals surface area contributed by atoms with Crippen LogP contribution in [0.4, 0.5) is 5.82 Å². The first-order chi connectivity index (χ1) is 9.71. The summed E-state index contributed by atoms with van der Waals surface area (Å²) in [6.07, 6.45) is 7.39. The minimum absolute atomic E-state index is 0.0343. The van der Waals surface area contributed by atoms with E-state index in [-0.39, 0.29) is 6.10 Å². The van der Waals surface area contributed by atoms with Crippen LogP contribution in [0.3, 0.4) is 0 Å². The number of nitrogens with one attached hydrogen (secondary N) is 1. The van der Waals surface area contributed by atoms with Crippen molar-refractivity contribution in [3.8, 4) is 0 Å². The zero-order chi connectivity index (χ0) is 14.5. The molecule has 0 bridgehead atoms. The van der Waals surface area contributed by atoms with Gasteiger partial charge in [-0.25, -0.2) is 9.97 Å². The highest BCUT2D eigenvalue weighted by atomic mass is 16.5. The Hall–Kier alpha value is -1.16. The van der Waals surface area contributed by atoms with E-state index in [1.54, 1.807) is 7.11 Å². The summed E-state index contributed by atoms with van der Waals surface area (Å²) >= 11 is 0. The van der Waals surface area contributed by atoms with Gasteiger partial charge >= 0.3 is 0 Å². The lowest BCUT2D eigenvalue weighted by molar-refractivity contribution is 0.0289. The van der Waals surface area contributed by atoms with Crippen LogP contribution in [-0.4, -0.2) is 24.1 Å². The largest absolute Gasteiger partial charge is 0.373 e. The molecule has 1 unspecified atom stereocenters. The van der Waals surface area contributed by atoms with Gasteiger partial charge < -0.3 is 10.1 Å². The highest BCUT2D eigenvalue weighted by Gasteiger charge is 2.28. The van der Waals surface area contributed by atoms with Crippen LogP contribution in [0.2, 0.25) is 0 Å². The van der Waals surface area contributed by atoms with Gasteiger partial charge in [-0.3, -0.25) is 0 Å². The summed E-state index contributed by atoms with van der Waals surface area (Å²) in [4.78, 5) is 9.44. The average molecular weight is 277 g/mol. The zero-order valence-corrected chi connectivity index (χ0v) is 13.2. The van der Waals surface area contributed by atoms with E-state index in [0.29, 0.717) is 5.92 Å². The predicted molar refractivity (Wildman–Crippen MR) is 82.0 cm³/mol. The van der Waals surface area contributed by atoms with E-state index in [4.69, 9.17) is 14.7 Å². The fraction of sp³-hybridized carbons (Fsp3) is 0.750. The first-order valence-corrected chi connectivity index (χ1v) is 7.79. The third-order valence-corrected chi connectivity index (χ3v) is 4.41. The lowest BCUT2D eigenvalue weighted by Crippen LogP contribution is -2.21. The zero-order valence-electron chi connectivity index (χ0n) is 13.2. The van der Waals surface area contributed by atoms with Crippen molar-refractivity contribution in [1.29, 1.82) is 0 Å². The maximum atomic E-state index is 5.75. The van der Waals surface area contributed by atoms with Crippen molar-refractivity contribution in [3.63, 3.8) is 0 Å². The molecule has 0 spiro atoms. The monoisotopic (exact) mass is 277 g/mol. The van der Waals surface area contributed by atoms with Crippen LogP contribution < -0.4 is 5.32 Å². The minimum atomic E-state index is 0.0343. The minimum Gasteiger partial charge on any atom is -0.373 e. The smallest absolute Gasteiger partial charge is 0.160 e. The Bertz CT molecular complexity index is 442. The maximum Gasteiger partial charge on any atom is 0.160 e. The van der Waals surface area contributed by atoms with Gasteiger partial charge in [0.05, 0.1) is 0 Å². The van der Waals surface area contributed by atoms with Crippen molar-refractivity contribution in [1.82, 2.24) is 9.97 Å². The van der Waals surface area contributed by atoms with Gasteiger partial charge in [0.1, 0.15) is 11.9 Å². The summed E-state index contributed by atoms with van der Waals surface area (Å²) in [6.45, 7) is 4.21. The van der Waals surface area contributed by atoms with Crippen LogP contribution in [-0.2, 0) is 11.2 Å². The molecule has 0 radical (unpaired) electrons. The molecule has 20 heavy (non-hydrogen) atoms. The molecule has 1 aromatic heterocycles. The van der Waals surface area contributed by atoms with E-state index >= 15 is 0 Å². The first kappa shape index (κ1) is 15.2. The van der Waals surface area contributed by atoms with Crippen molar-refractivity contribution in [3.05, 3.63) is 17.1 Å². The van der Waals surface area contributed by atoms with Crippen LogP contribution in [0.15, 0.2) is 0 Å². The van der Waals surface area contributed by atoms with Gasteiger partial charge in [-0.05, 0) is 32.1 Å². The molecule has 1 fully saturated rings. The molecule has 1 aliphatic carbocycles. The topological polar surface area (TPSA) is 47.0 Å². The highest BCUT2D eigenvalue weighted by molar-refractivity contribution is 5.46. The average Bonchev–Trinajstić information content (AvgIpc) is 2.48. The van der Waals surface area contributed by atoms with Crippen molar-refractivity contribution >= 4 is 5.82 Å². The number of aryl methyl sites for hydroxylation is 1. The molecule has 112 valence electrons. The van der Waals surface area contributed by atoms with Gasteiger partial charge in [0.15, 0.2) is 5.82 Å². The van der Waals surface area contributed by atoms with E-state index < -0.39 is 0 Å². The first-order valence-electron chi connectivity index (χ1n) is 7.79. The SMILES string of the molecule is CCc1c(C)nc(C(OC)C2CCCCC2)nc1NC. The van der Waals surface area contributed by atoms with E-state index in [9.17, 15) is 0 Å². The molecule has 0 amide bonds. The number of anilines is 1. The molecule has 0 aliphatic heterocycles. The summed E-state index contributed by atoms with van der Waals surface area (Å²) in [5, 5.41) is 3.20. The Morgan fingerprint density at radius 3 is 2.50 bits per heavy atom. The highest BCUT2D eigenvalue weighted by Crippen LogP contribution is 2.36. The summed E-state index contributed by atoms with van der Waals surface area (Å²) < 4.78 is 5.75. The van der Waals surface area contributed by atoms with Crippen molar-refractivity contribution in [2.45, 2.75) is 58.5 Å². The summed E-state index contributed by atoms with van der Waals surface area (Å²) in [7, 11) is 3.71. The molecule has 0 aromatic carbocycles. The van der Waals surface area contributed by atoms with Crippen LogP contribution in [0.1, 0.15) is 62.2 Å². The number of nitrogens with zero attached hydrogens (tertiary/aromatic N) is 2. The Kier molecular flexibility index (Phi) is 5.35. The van der Waals surface area contributed by atoms with Crippen LogP contribution in [0.25, 0.3) is 0 Å². The van der Waals surface area contributed by atoms with E-state index in [2.05, 4.69) is 19.2 Å². The fourth-order valence-corrected chi connectivity index (χ4v) is 3.32. The molecule has 1 atom stereocenters. The predicted octanol–water partition coefficient (Wildman–Crippen LogP) is 3.66. The molecule has 1 N–H and O–H groups in total. The standard InChI is InChI=1S/C16H27N3O/c1-5-13-11(2)18-16(19-15(13)17-3)14(20-4)12-9-7-6-8-10-12/h12,14H,5-10H2,1-4H3,(H,17,18,19). The molecule has 2 rings (SSSR count). The normalized spacial score (nSPS) is 18.0. The summed E-state index contributed by atoms with van der Waals surface area (Å²) in [5.74, 6) is 2.36.